The fourth-order valence-electron chi connectivity index (χ4n) is 2.45. The minimum absolute atomic E-state index is 0.223. The lowest BCUT2D eigenvalue weighted by Gasteiger charge is -2.36. The summed E-state index contributed by atoms with van der Waals surface area (Å²) in [6, 6.07) is 3.09. The lowest BCUT2D eigenvalue weighted by molar-refractivity contribution is -0.145. The molecule has 1 fully saturated rings. The lowest BCUT2D eigenvalue weighted by Crippen LogP contribution is -2.49. The van der Waals surface area contributed by atoms with Gasteiger partial charge in [0.1, 0.15) is 0 Å². The second-order valence-electron chi connectivity index (χ2n) is 4.65. The van der Waals surface area contributed by atoms with Crippen LogP contribution in [0.15, 0.2) is 21.6 Å². The van der Waals surface area contributed by atoms with E-state index < -0.39 is 11.9 Å². The molecule has 5 nitrogen and oxygen atoms in total. The van der Waals surface area contributed by atoms with Gasteiger partial charge >= 0.3 is 5.97 Å². The maximum absolute atomic E-state index is 12.3. The molecule has 2 atom stereocenters. The quantitative estimate of drug-likeness (QED) is 0.862. The molecular weight excluding hydrogens is 266 g/mol. The van der Waals surface area contributed by atoms with Crippen molar-refractivity contribution in [2.75, 3.05) is 12.8 Å². The van der Waals surface area contributed by atoms with Gasteiger partial charge < -0.3 is 14.4 Å². The summed E-state index contributed by atoms with van der Waals surface area (Å²) >= 11 is 1.43. The number of thioether (sulfide) groups is 1. The molecule has 0 unspecified atom stereocenters. The van der Waals surface area contributed by atoms with Crippen molar-refractivity contribution in [3.05, 3.63) is 17.9 Å². The third-order valence-corrected chi connectivity index (χ3v) is 4.18. The fraction of sp³-hybridized carbons (Fsp3) is 0.538. The SMILES string of the molecule is CSc1ccc(C(=O)N2CCC[C@H](C(=O)O)[C@@H]2C)o1. The highest BCUT2D eigenvalue weighted by atomic mass is 32.2. The minimum Gasteiger partial charge on any atom is -0.481 e. The predicted octanol–water partition coefficient (Wildman–Crippen LogP) is 2.33. The van der Waals surface area contributed by atoms with Crippen LogP contribution < -0.4 is 0 Å². The van der Waals surface area contributed by atoms with E-state index >= 15 is 0 Å². The zero-order chi connectivity index (χ0) is 14.0. The Hall–Kier alpha value is -1.43. The molecule has 2 rings (SSSR count). The molecule has 6 heteroatoms. The molecule has 1 N–H and O–H groups in total. The lowest BCUT2D eigenvalue weighted by atomic mass is 9.90. The molecule has 1 aliphatic rings. The Bertz CT molecular complexity index is 485. The van der Waals surface area contributed by atoms with Gasteiger partial charge in [-0.25, -0.2) is 0 Å². The molecule has 1 amide bonds. The predicted molar refractivity (Wildman–Crippen MR) is 71.3 cm³/mol. The number of hydrogen-bond donors (Lipinski definition) is 1. The Kier molecular flexibility index (Phi) is 4.19. The van der Waals surface area contributed by atoms with Crippen LogP contribution in [0.3, 0.4) is 0 Å². The normalized spacial score (nSPS) is 23.4. The second-order valence-corrected chi connectivity index (χ2v) is 5.46. The Balaban J connectivity index is 2.16. The van der Waals surface area contributed by atoms with Crippen LogP contribution in [0, 0.1) is 5.92 Å². The number of furan rings is 1. The molecule has 0 bridgehead atoms. The van der Waals surface area contributed by atoms with Gasteiger partial charge in [0, 0.05) is 12.6 Å². The van der Waals surface area contributed by atoms with Gasteiger partial charge in [0.15, 0.2) is 10.9 Å². The van der Waals surface area contributed by atoms with Crippen molar-refractivity contribution in [1.82, 2.24) is 4.90 Å². The number of hydrogen-bond acceptors (Lipinski definition) is 4. The van der Waals surface area contributed by atoms with E-state index in [9.17, 15) is 9.59 Å². The molecular formula is C13H17NO4S. The van der Waals surface area contributed by atoms with Crippen LogP contribution in [0.4, 0.5) is 0 Å². The van der Waals surface area contributed by atoms with Crippen molar-refractivity contribution >= 4 is 23.6 Å². The zero-order valence-corrected chi connectivity index (χ0v) is 11.8. The van der Waals surface area contributed by atoms with Crippen LogP contribution in [0.2, 0.25) is 0 Å². The first-order chi connectivity index (χ1) is 9.04. The number of amides is 1. The van der Waals surface area contributed by atoms with Crippen molar-refractivity contribution in [3.8, 4) is 0 Å². The first kappa shape index (κ1) is 14.0. The summed E-state index contributed by atoms with van der Waals surface area (Å²) in [5.41, 5.74) is 0. The van der Waals surface area contributed by atoms with E-state index in [1.54, 1.807) is 24.0 Å². The van der Waals surface area contributed by atoms with Crippen LogP contribution in [0.25, 0.3) is 0 Å². The molecule has 0 spiro atoms. The van der Waals surface area contributed by atoms with Gasteiger partial charge in [-0.2, -0.15) is 0 Å². The first-order valence-corrected chi connectivity index (χ1v) is 7.44. The van der Waals surface area contributed by atoms with Gasteiger partial charge in [0.2, 0.25) is 0 Å². The molecule has 2 heterocycles. The Labute approximate surface area is 116 Å². The third kappa shape index (κ3) is 2.78. The van der Waals surface area contributed by atoms with Gasteiger partial charge in [-0.15, -0.1) is 0 Å². The van der Waals surface area contributed by atoms with Crippen molar-refractivity contribution in [2.24, 2.45) is 5.92 Å². The number of nitrogens with zero attached hydrogens (tertiary/aromatic N) is 1. The van der Waals surface area contributed by atoms with E-state index in [1.807, 2.05) is 6.26 Å². The van der Waals surface area contributed by atoms with Crippen molar-refractivity contribution in [1.29, 1.82) is 0 Å². The summed E-state index contributed by atoms with van der Waals surface area (Å²) in [5.74, 6) is -1.28. The highest BCUT2D eigenvalue weighted by molar-refractivity contribution is 7.98. The van der Waals surface area contributed by atoms with E-state index in [0.717, 1.165) is 0 Å². The topological polar surface area (TPSA) is 70.8 Å². The molecule has 1 aliphatic heterocycles. The summed E-state index contributed by atoms with van der Waals surface area (Å²) in [6.07, 6.45) is 3.20. The average Bonchev–Trinajstić information content (AvgIpc) is 2.86. The van der Waals surface area contributed by atoms with Crippen LogP contribution >= 0.6 is 11.8 Å². The maximum atomic E-state index is 12.3. The number of likely N-dealkylation sites (tertiary alicyclic amines) is 1. The molecule has 19 heavy (non-hydrogen) atoms. The molecule has 0 radical (unpaired) electrons. The third-order valence-electron chi connectivity index (χ3n) is 3.56. The minimum atomic E-state index is -0.839. The van der Waals surface area contributed by atoms with Gasteiger partial charge in [-0.1, -0.05) is 11.8 Å². The van der Waals surface area contributed by atoms with Gasteiger partial charge in [0.25, 0.3) is 5.91 Å². The van der Waals surface area contributed by atoms with E-state index in [-0.39, 0.29) is 17.7 Å². The smallest absolute Gasteiger partial charge is 0.308 e. The van der Waals surface area contributed by atoms with Crippen LogP contribution in [0.1, 0.15) is 30.3 Å². The van der Waals surface area contributed by atoms with E-state index in [2.05, 4.69) is 0 Å². The Morgan fingerprint density at radius 2 is 2.21 bits per heavy atom. The van der Waals surface area contributed by atoms with Crippen molar-refractivity contribution < 1.29 is 19.1 Å². The Morgan fingerprint density at radius 3 is 2.79 bits per heavy atom. The van der Waals surface area contributed by atoms with E-state index in [1.165, 1.54) is 11.8 Å². The molecule has 0 aliphatic carbocycles. The molecule has 0 saturated carbocycles. The average molecular weight is 283 g/mol. The zero-order valence-electron chi connectivity index (χ0n) is 11.0. The summed E-state index contributed by atoms with van der Waals surface area (Å²) in [7, 11) is 0. The summed E-state index contributed by atoms with van der Waals surface area (Å²) in [5, 5.41) is 9.84. The largest absolute Gasteiger partial charge is 0.481 e. The molecule has 1 saturated heterocycles. The van der Waals surface area contributed by atoms with Crippen LogP contribution in [0.5, 0.6) is 0 Å². The molecule has 1 aromatic heterocycles. The number of aliphatic carboxylic acids is 1. The molecule has 1 aromatic rings. The van der Waals surface area contributed by atoms with Gasteiger partial charge in [0.05, 0.1) is 5.92 Å². The fourth-order valence-corrected chi connectivity index (χ4v) is 2.82. The number of carboxylic acid groups (broad SMARTS) is 1. The molecule has 104 valence electrons. The van der Waals surface area contributed by atoms with Gasteiger partial charge in [-0.05, 0) is 38.2 Å². The second kappa shape index (κ2) is 5.69. The maximum Gasteiger partial charge on any atom is 0.308 e. The summed E-state index contributed by atoms with van der Waals surface area (Å²) in [6.45, 7) is 2.37. The summed E-state index contributed by atoms with van der Waals surface area (Å²) < 4.78 is 5.42. The number of carbonyl (C=O) groups is 2. The monoisotopic (exact) mass is 283 g/mol. The Morgan fingerprint density at radius 1 is 1.47 bits per heavy atom. The van der Waals surface area contributed by atoms with E-state index in [0.29, 0.717) is 24.5 Å². The number of piperidine rings is 1. The van der Waals surface area contributed by atoms with Crippen LogP contribution in [-0.4, -0.2) is 40.7 Å². The number of carbonyl (C=O) groups excluding carboxylic acids is 1. The highest BCUT2D eigenvalue weighted by Crippen LogP contribution is 2.26. The number of carboxylic acids is 1. The first-order valence-electron chi connectivity index (χ1n) is 6.22. The van der Waals surface area contributed by atoms with Crippen molar-refractivity contribution in [2.45, 2.75) is 30.9 Å². The number of rotatable bonds is 3. The van der Waals surface area contributed by atoms with Crippen LogP contribution in [-0.2, 0) is 4.79 Å². The molecule has 0 aromatic carbocycles. The van der Waals surface area contributed by atoms with E-state index in [4.69, 9.17) is 9.52 Å². The van der Waals surface area contributed by atoms with Gasteiger partial charge in [-0.3, -0.25) is 9.59 Å². The summed E-state index contributed by atoms with van der Waals surface area (Å²) in [4.78, 5) is 25.1. The van der Waals surface area contributed by atoms with Crippen molar-refractivity contribution in [3.63, 3.8) is 0 Å². The highest BCUT2D eigenvalue weighted by Gasteiger charge is 2.36. The standard InChI is InChI=1S/C13H17NO4S/c1-8-9(13(16)17)4-3-7-14(8)12(15)10-5-6-11(18-10)19-2/h5-6,8-9H,3-4,7H2,1-2H3,(H,16,17)/t8-,9-/m0/s1.